The first-order valence-electron chi connectivity index (χ1n) is 5.29. The normalized spacial score (nSPS) is 28.5. The molecule has 94 valence electrons. The number of hydrogen-bond donors (Lipinski definition) is 3. The molecule has 0 amide bonds. The zero-order valence-corrected chi connectivity index (χ0v) is 11.0. The Hall–Kier alpha value is -0.881. The van der Waals surface area contributed by atoms with Gasteiger partial charge in [-0.3, -0.25) is 0 Å². The number of aryl methyl sites for hydroxylation is 1. The Morgan fingerprint density at radius 2 is 2.29 bits per heavy atom. The fourth-order valence-electron chi connectivity index (χ4n) is 1.85. The van der Waals surface area contributed by atoms with Crippen LogP contribution in [0.15, 0.2) is 15.8 Å². The van der Waals surface area contributed by atoms with Gasteiger partial charge in [-0.15, -0.1) is 0 Å². The van der Waals surface area contributed by atoms with Crippen LogP contribution in [0.25, 0.3) is 0 Å². The SMILES string of the molecule is Cc1cn([C@H]2C[C@H](O)[C@@H](CO)[Se]2)c(=O)[nH]c1=O. The van der Waals surface area contributed by atoms with E-state index in [0.717, 1.165) is 0 Å². The Labute approximate surface area is 103 Å². The van der Waals surface area contributed by atoms with E-state index in [1.165, 1.54) is 10.8 Å². The molecule has 6 nitrogen and oxygen atoms in total. The van der Waals surface area contributed by atoms with Gasteiger partial charge in [0.05, 0.1) is 0 Å². The maximum absolute atomic E-state index is 11.7. The van der Waals surface area contributed by atoms with Crippen molar-refractivity contribution >= 4 is 15.0 Å². The van der Waals surface area contributed by atoms with E-state index in [2.05, 4.69) is 4.98 Å². The Balaban J connectivity index is 2.34. The van der Waals surface area contributed by atoms with E-state index in [4.69, 9.17) is 5.11 Å². The summed E-state index contributed by atoms with van der Waals surface area (Å²) in [7, 11) is 0. The summed E-state index contributed by atoms with van der Waals surface area (Å²) in [5.74, 6) is 0. The standard InChI is InChI=1S/C10H14N2O4Se/c1-5-3-12(10(16)11-9(5)15)8-2-6(14)7(4-13)17-8/h3,6-8,13-14H,2,4H2,1H3,(H,11,15,16)/t6-,7+,8+/m0/s1. The summed E-state index contributed by atoms with van der Waals surface area (Å²) in [4.78, 5) is 24.9. The van der Waals surface area contributed by atoms with Crippen molar-refractivity contribution in [2.75, 3.05) is 6.61 Å². The zero-order chi connectivity index (χ0) is 12.6. The predicted molar refractivity (Wildman–Crippen MR) is 62.3 cm³/mol. The van der Waals surface area contributed by atoms with Gasteiger partial charge in [0.25, 0.3) is 0 Å². The number of nitrogens with zero attached hydrogens (tertiary/aromatic N) is 1. The fourth-order valence-corrected chi connectivity index (χ4v) is 4.74. The van der Waals surface area contributed by atoms with Crippen LogP contribution < -0.4 is 11.2 Å². The van der Waals surface area contributed by atoms with Crippen LogP contribution in [0.2, 0.25) is 4.82 Å². The van der Waals surface area contributed by atoms with E-state index in [9.17, 15) is 14.7 Å². The topological polar surface area (TPSA) is 95.3 Å². The fraction of sp³-hybridized carbons (Fsp3) is 0.600. The van der Waals surface area contributed by atoms with Crippen LogP contribution >= 0.6 is 0 Å². The Morgan fingerprint density at radius 3 is 2.88 bits per heavy atom. The summed E-state index contributed by atoms with van der Waals surface area (Å²) in [6.07, 6.45) is 1.42. The van der Waals surface area contributed by atoms with Gasteiger partial charge in [-0.05, 0) is 0 Å². The number of rotatable bonds is 2. The average Bonchev–Trinajstić information content (AvgIpc) is 2.65. The molecule has 0 saturated carbocycles. The van der Waals surface area contributed by atoms with Gasteiger partial charge >= 0.3 is 103 Å². The third-order valence-electron chi connectivity index (χ3n) is 2.84. The van der Waals surface area contributed by atoms with Crippen molar-refractivity contribution in [2.45, 2.75) is 29.2 Å². The van der Waals surface area contributed by atoms with Crippen LogP contribution in [0.3, 0.4) is 0 Å². The van der Waals surface area contributed by atoms with Gasteiger partial charge in [-0.1, -0.05) is 0 Å². The van der Waals surface area contributed by atoms with Crippen molar-refractivity contribution in [3.05, 3.63) is 32.6 Å². The van der Waals surface area contributed by atoms with Crippen LogP contribution in [0, 0.1) is 6.92 Å². The molecule has 1 fully saturated rings. The third kappa shape index (κ3) is 2.37. The molecule has 2 rings (SSSR count). The number of aliphatic hydroxyl groups is 2. The Morgan fingerprint density at radius 1 is 1.59 bits per heavy atom. The first-order chi connectivity index (χ1) is 8.02. The van der Waals surface area contributed by atoms with Crippen molar-refractivity contribution in [2.24, 2.45) is 0 Å². The number of aromatic nitrogens is 2. The van der Waals surface area contributed by atoms with Crippen molar-refractivity contribution in [1.29, 1.82) is 0 Å². The molecule has 0 radical (unpaired) electrons. The molecule has 3 atom stereocenters. The van der Waals surface area contributed by atoms with Crippen molar-refractivity contribution in [3.63, 3.8) is 0 Å². The van der Waals surface area contributed by atoms with Crippen molar-refractivity contribution < 1.29 is 10.2 Å². The number of aliphatic hydroxyl groups excluding tert-OH is 2. The first kappa shape index (κ1) is 12.6. The predicted octanol–water partition coefficient (Wildman–Crippen LogP) is -1.41. The molecule has 1 aromatic rings. The van der Waals surface area contributed by atoms with E-state index in [0.29, 0.717) is 12.0 Å². The maximum atomic E-state index is 11.7. The van der Waals surface area contributed by atoms with Gasteiger partial charge in [0.1, 0.15) is 0 Å². The van der Waals surface area contributed by atoms with E-state index in [-0.39, 0.29) is 36.9 Å². The van der Waals surface area contributed by atoms with Crippen molar-refractivity contribution in [3.8, 4) is 0 Å². The van der Waals surface area contributed by atoms with Crippen LogP contribution in [-0.2, 0) is 0 Å². The monoisotopic (exact) mass is 306 g/mol. The molecule has 1 aromatic heterocycles. The second-order valence-electron chi connectivity index (χ2n) is 4.09. The summed E-state index contributed by atoms with van der Waals surface area (Å²) in [6, 6.07) is 0. The first-order valence-corrected chi connectivity index (χ1v) is 7.27. The summed E-state index contributed by atoms with van der Waals surface area (Å²) >= 11 is -0.0529. The number of nitrogens with one attached hydrogen (secondary N) is 1. The molecule has 2 heterocycles. The van der Waals surface area contributed by atoms with Gasteiger partial charge < -0.3 is 0 Å². The molecule has 3 N–H and O–H groups in total. The summed E-state index contributed by atoms with van der Waals surface area (Å²) in [5, 5.41) is 18.8. The zero-order valence-electron chi connectivity index (χ0n) is 9.29. The third-order valence-corrected chi connectivity index (χ3v) is 6.09. The van der Waals surface area contributed by atoms with E-state index < -0.39 is 11.8 Å². The molecule has 0 unspecified atom stereocenters. The minimum atomic E-state index is -0.566. The van der Waals surface area contributed by atoms with Crippen molar-refractivity contribution in [1.82, 2.24) is 9.55 Å². The average molecular weight is 305 g/mol. The molecule has 0 spiro atoms. The molecular weight excluding hydrogens is 291 g/mol. The molecule has 1 aliphatic heterocycles. The van der Waals surface area contributed by atoms with E-state index in [1.54, 1.807) is 6.92 Å². The Kier molecular flexibility index (Phi) is 3.53. The van der Waals surface area contributed by atoms with Gasteiger partial charge in [0.2, 0.25) is 0 Å². The van der Waals surface area contributed by atoms with E-state index in [1.807, 2.05) is 0 Å². The molecule has 0 aromatic carbocycles. The van der Waals surface area contributed by atoms with Gasteiger partial charge in [0, 0.05) is 0 Å². The number of hydrogen-bond acceptors (Lipinski definition) is 4. The van der Waals surface area contributed by atoms with Crippen LogP contribution in [-0.4, -0.2) is 47.4 Å². The van der Waals surface area contributed by atoms with Crippen LogP contribution in [0.1, 0.15) is 16.9 Å². The summed E-state index contributed by atoms with van der Waals surface area (Å²) in [5.41, 5.74) is -0.350. The molecular formula is C10H14N2O4Se. The molecule has 1 aliphatic rings. The van der Waals surface area contributed by atoms with Gasteiger partial charge in [0.15, 0.2) is 0 Å². The van der Waals surface area contributed by atoms with Gasteiger partial charge in [-0.25, -0.2) is 0 Å². The Bertz CT molecular complexity index is 524. The van der Waals surface area contributed by atoms with Crippen LogP contribution in [0.5, 0.6) is 0 Å². The number of H-pyrrole nitrogens is 1. The summed E-state index contributed by atoms with van der Waals surface area (Å²) in [6.45, 7) is 1.57. The second kappa shape index (κ2) is 4.78. The van der Waals surface area contributed by atoms with Gasteiger partial charge in [-0.2, -0.15) is 0 Å². The second-order valence-corrected chi connectivity index (χ2v) is 7.08. The molecule has 1 saturated heterocycles. The van der Waals surface area contributed by atoms with E-state index >= 15 is 0 Å². The molecule has 0 aliphatic carbocycles. The number of aromatic amines is 1. The van der Waals surface area contributed by atoms with Crippen LogP contribution in [0.4, 0.5) is 0 Å². The molecule has 17 heavy (non-hydrogen) atoms. The summed E-state index contributed by atoms with van der Waals surface area (Å²) < 4.78 is 1.47. The molecule has 0 bridgehead atoms. The molecule has 7 heteroatoms. The quantitative estimate of drug-likeness (QED) is 0.585. The minimum absolute atomic E-state index is 0.0529.